The lowest BCUT2D eigenvalue weighted by atomic mass is 10.2. The van der Waals surface area contributed by atoms with Crippen LogP contribution in [-0.4, -0.2) is 28.5 Å². The maximum absolute atomic E-state index is 13.2. The molecule has 7 heteroatoms. The average molecular weight is 353 g/mol. The Bertz CT molecular complexity index is 938. The van der Waals surface area contributed by atoms with Gasteiger partial charge in [0.15, 0.2) is 0 Å². The summed E-state index contributed by atoms with van der Waals surface area (Å²) in [7, 11) is 1.29. The van der Waals surface area contributed by atoms with Crippen LogP contribution in [0.15, 0.2) is 60.9 Å². The summed E-state index contributed by atoms with van der Waals surface area (Å²) in [6, 6.07) is 13.5. The first kappa shape index (κ1) is 17.3. The van der Waals surface area contributed by atoms with E-state index in [2.05, 4.69) is 10.3 Å². The molecule has 2 heterocycles. The molecule has 1 aromatic carbocycles. The van der Waals surface area contributed by atoms with Crippen molar-refractivity contribution in [2.75, 3.05) is 12.4 Å². The van der Waals surface area contributed by atoms with Gasteiger partial charge in [0.25, 0.3) is 5.91 Å². The monoisotopic (exact) mass is 353 g/mol. The summed E-state index contributed by atoms with van der Waals surface area (Å²) < 4.78 is 19.7. The second-order valence-electron chi connectivity index (χ2n) is 5.54. The second-order valence-corrected chi connectivity index (χ2v) is 5.54. The molecule has 0 aliphatic heterocycles. The van der Waals surface area contributed by atoms with Crippen LogP contribution in [0.1, 0.15) is 26.4 Å². The van der Waals surface area contributed by atoms with Crippen LogP contribution in [0.25, 0.3) is 0 Å². The fourth-order valence-electron chi connectivity index (χ4n) is 2.51. The number of amides is 1. The van der Waals surface area contributed by atoms with Gasteiger partial charge in [-0.3, -0.25) is 4.79 Å². The second kappa shape index (κ2) is 7.60. The number of ether oxygens (including phenoxy) is 1. The number of pyridine rings is 1. The third-order valence-electron chi connectivity index (χ3n) is 3.73. The van der Waals surface area contributed by atoms with Crippen LogP contribution < -0.4 is 5.32 Å². The van der Waals surface area contributed by atoms with E-state index >= 15 is 0 Å². The number of esters is 1. The minimum absolute atomic E-state index is 0.132. The predicted molar refractivity (Wildman–Crippen MR) is 93.5 cm³/mol. The maximum atomic E-state index is 13.2. The van der Waals surface area contributed by atoms with E-state index in [0.29, 0.717) is 17.9 Å². The average Bonchev–Trinajstić information content (AvgIpc) is 3.04. The Morgan fingerprint density at radius 2 is 1.96 bits per heavy atom. The van der Waals surface area contributed by atoms with Crippen LogP contribution in [0.4, 0.5) is 10.1 Å². The van der Waals surface area contributed by atoms with Crippen molar-refractivity contribution in [3.8, 4) is 0 Å². The zero-order valence-electron chi connectivity index (χ0n) is 14.0. The lowest BCUT2D eigenvalue weighted by Crippen LogP contribution is -2.12. The summed E-state index contributed by atoms with van der Waals surface area (Å²) in [5.41, 5.74) is 1.83. The number of hydrogen-bond donors (Lipinski definition) is 1. The van der Waals surface area contributed by atoms with Gasteiger partial charge in [-0.2, -0.15) is 4.39 Å². The number of benzene rings is 1. The topological polar surface area (TPSA) is 73.2 Å². The van der Waals surface area contributed by atoms with Crippen LogP contribution >= 0.6 is 0 Å². The number of rotatable bonds is 5. The highest BCUT2D eigenvalue weighted by Gasteiger charge is 2.16. The Hall–Kier alpha value is -3.48. The quantitative estimate of drug-likeness (QED) is 0.565. The molecule has 2 aromatic heterocycles. The van der Waals surface area contributed by atoms with Gasteiger partial charge in [-0.15, -0.1) is 0 Å². The molecular formula is C19H16FN3O3. The fraction of sp³-hybridized carbons (Fsp3) is 0.105. The first-order valence-electron chi connectivity index (χ1n) is 7.82. The smallest absolute Gasteiger partial charge is 0.354 e. The lowest BCUT2D eigenvalue weighted by Gasteiger charge is -2.07. The molecule has 0 aliphatic rings. The maximum Gasteiger partial charge on any atom is 0.354 e. The number of carbonyl (C=O) groups is 2. The van der Waals surface area contributed by atoms with Crippen molar-refractivity contribution in [3.05, 3.63) is 83.7 Å². The Balaban J connectivity index is 1.86. The van der Waals surface area contributed by atoms with Gasteiger partial charge in [-0.05, 0) is 17.7 Å². The fourth-order valence-corrected chi connectivity index (χ4v) is 2.51. The molecule has 3 aromatic rings. The summed E-state index contributed by atoms with van der Waals surface area (Å²) in [5.74, 6) is -1.76. The number of hydrogen-bond acceptors (Lipinski definition) is 4. The van der Waals surface area contributed by atoms with Gasteiger partial charge in [-0.25, -0.2) is 9.78 Å². The van der Waals surface area contributed by atoms with Crippen molar-refractivity contribution >= 4 is 17.6 Å². The zero-order chi connectivity index (χ0) is 18.5. The van der Waals surface area contributed by atoms with E-state index in [9.17, 15) is 14.0 Å². The first-order valence-corrected chi connectivity index (χ1v) is 7.82. The number of carbonyl (C=O) groups excluding carboxylic acids is 2. The van der Waals surface area contributed by atoms with Crippen molar-refractivity contribution in [3.63, 3.8) is 0 Å². The summed E-state index contributed by atoms with van der Waals surface area (Å²) in [6.07, 6.45) is 2.85. The van der Waals surface area contributed by atoms with E-state index < -0.39 is 17.8 Å². The Kier molecular flexibility index (Phi) is 5.07. The summed E-state index contributed by atoms with van der Waals surface area (Å²) >= 11 is 0. The number of nitrogens with one attached hydrogen (secondary N) is 1. The van der Waals surface area contributed by atoms with Gasteiger partial charge >= 0.3 is 5.97 Å². The van der Waals surface area contributed by atoms with E-state index in [-0.39, 0.29) is 5.56 Å². The molecule has 0 unspecified atom stereocenters. The number of nitrogens with zero attached hydrogens (tertiary/aromatic N) is 2. The van der Waals surface area contributed by atoms with Gasteiger partial charge in [0, 0.05) is 30.6 Å². The Labute approximate surface area is 149 Å². The van der Waals surface area contributed by atoms with Crippen molar-refractivity contribution in [1.29, 1.82) is 0 Å². The number of methoxy groups -OCH3 is 1. The third kappa shape index (κ3) is 3.94. The van der Waals surface area contributed by atoms with Crippen LogP contribution in [0.2, 0.25) is 0 Å². The molecule has 0 aliphatic carbocycles. The van der Waals surface area contributed by atoms with Crippen LogP contribution in [0, 0.1) is 5.95 Å². The van der Waals surface area contributed by atoms with E-state index in [4.69, 9.17) is 4.74 Å². The van der Waals surface area contributed by atoms with E-state index in [1.165, 1.54) is 25.4 Å². The minimum Gasteiger partial charge on any atom is -0.464 e. The molecule has 0 saturated heterocycles. The lowest BCUT2D eigenvalue weighted by molar-refractivity contribution is 0.0589. The van der Waals surface area contributed by atoms with Gasteiger partial charge in [-0.1, -0.05) is 30.3 Å². The van der Waals surface area contributed by atoms with Crippen molar-refractivity contribution in [2.45, 2.75) is 6.54 Å². The van der Waals surface area contributed by atoms with E-state index in [1.807, 2.05) is 30.3 Å². The number of halogens is 1. The van der Waals surface area contributed by atoms with Gasteiger partial charge in [0.2, 0.25) is 5.95 Å². The minimum atomic E-state index is -0.741. The summed E-state index contributed by atoms with van der Waals surface area (Å²) in [6.45, 7) is 0.436. The van der Waals surface area contributed by atoms with Gasteiger partial charge < -0.3 is 14.6 Å². The SMILES string of the molecule is COC(=O)c1cc(NC(=O)c2ccnc(F)c2)cn1Cc1ccccc1. The highest BCUT2D eigenvalue weighted by Crippen LogP contribution is 2.18. The molecule has 0 bridgehead atoms. The van der Waals surface area contributed by atoms with Crippen molar-refractivity contribution in [1.82, 2.24) is 9.55 Å². The normalized spacial score (nSPS) is 10.4. The molecule has 0 radical (unpaired) electrons. The van der Waals surface area contributed by atoms with Crippen LogP contribution in [0.5, 0.6) is 0 Å². The van der Waals surface area contributed by atoms with Crippen molar-refractivity contribution < 1.29 is 18.7 Å². The Morgan fingerprint density at radius 1 is 1.19 bits per heavy atom. The number of anilines is 1. The molecule has 1 N–H and O–H groups in total. The molecule has 6 nitrogen and oxygen atoms in total. The predicted octanol–water partition coefficient (Wildman–Crippen LogP) is 3.11. The molecule has 132 valence electrons. The summed E-state index contributed by atoms with van der Waals surface area (Å²) in [5, 5.41) is 2.65. The van der Waals surface area contributed by atoms with Gasteiger partial charge in [0.1, 0.15) is 5.69 Å². The van der Waals surface area contributed by atoms with E-state index in [0.717, 1.165) is 11.6 Å². The molecular weight excluding hydrogens is 337 g/mol. The highest BCUT2D eigenvalue weighted by atomic mass is 19.1. The zero-order valence-corrected chi connectivity index (χ0v) is 14.0. The standard InChI is InChI=1S/C19H16FN3O3/c1-26-19(25)16-10-15(12-23(16)11-13-5-3-2-4-6-13)22-18(24)14-7-8-21-17(20)9-14/h2-10,12H,11H2,1H3,(H,22,24). The Morgan fingerprint density at radius 3 is 2.65 bits per heavy atom. The van der Waals surface area contributed by atoms with Gasteiger partial charge in [0.05, 0.1) is 12.8 Å². The first-order chi connectivity index (χ1) is 12.6. The van der Waals surface area contributed by atoms with Crippen LogP contribution in [-0.2, 0) is 11.3 Å². The summed E-state index contributed by atoms with van der Waals surface area (Å²) in [4.78, 5) is 27.7. The molecule has 3 rings (SSSR count). The van der Waals surface area contributed by atoms with E-state index in [1.54, 1.807) is 10.8 Å². The molecule has 26 heavy (non-hydrogen) atoms. The molecule has 0 fully saturated rings. The molecule has 0 atom stereocenters. The highest BCUT2D eigenvalue weighted by molar-refractivity contribution is 6.04. The largest absolute Gasteiger partial charge is 0.464 e. The van der Waals surface area contributed by atoms with Crippen molar-refractivity contribution in [2.24, 2.45) is 0 Å². The molecule has 0 spiro atoms. The molecule has 1 amide bonds. The number of aromatic nitrogens is 2. The third-order valence-corrected chi connectivity index (χ3v) is 3.73. The molecule has 0 saturated carbocycles. The van der Waals surface area contributed by atoms with Crippen LogP contribution in [0.3, 0.4) is 0 Å².